The van der Waals surface area contributed by atoms with Gasteiger partial charge in [-0.2, -0.15) is 0 Å². The van der Waals surface area contributed by atoms with E-state index in [0.29, 0.717) is 5.15 Å². The summed E-state index contributed by atoms with van der Waals surface area (Å²) < 4.78 is 5.23. The molecule has 4 heteroatoms. The average molecular weight is 226 g/mol. The number of rotatable bonds is 2. The number of hydrogen-bond donors (Lipinski definition) is 0. The van der Waals surface area contributed by atoms with Crippen LogP contribution in [0, 0.1) is 0 Å². The van der Waals surface area contributed by atoms with Crippen molar-refractivity contribution in [1.82, 2.24) is 4.98 Å². The summed E-state index contributed by atoms with van der Waals surface area (Å²) in [6, 6.07) is 7.75. The van der Waals surface area contributed by atoms with E-state index in [1.165, 1.54) is 11.3 Å². The molecule has 0 aliphatic rings. The first kappa shape index (κ1) is 9.49. The summed E-state index contributed by atoms with van der Waals surface area (Å²) >= 11 is 7.27. The van der Waals surface area contributed by atoms with Gasteiger partial charge in [0.25, 0.3) is 0 Å². The summed E-state index contributed by atoms with van der Waals surface area (Å²) in [7, 11) is 1.65. The normalized spacial score (nSPS) is 10.1. The molecule has 0 N–H and O–H groups in total. The minimum Gasteiger partial charge on any atom is -0.496 e. The molecule has 0 fully saturated rings. The van der Waals surface area contributed by atoms with Crippen molar-refractivity contribution in [2.45, 2.75) is 0 Å². The fraction of sp³-hybridized carbons (Fsp3) is 0.100. The van der Waals surface area contributed by atoms with Gasteiger partial charge in [-0.05, 0) is 12.1 Å². The predicted octanol–water partition coefficient (Wildman–Crippen LogP) is 3.47. The Bertz CT molecular complexity index is 441. The minimum atomic E-state index is 0.524. The van der Waals surface area contributed by atoms with Crippen LogP contribution < -0.4 is 4.74 Å². The molecule has 0 amide bonds. The van der Waals surface area contributed by atoms with Crippen molar-refractivity contribution in [1.29, 1.82) is 0 Å². The van der Waals surface area contributed by atoms with Gasteiger partial charge in [0.15, 0.2) is 0 Å². The second-order valence-electron chi connectivity index (χ2n) is 2.68. The highest BCUT2D eigenvalue weighted by Crippen LogP contribution is 2.32. The van der Waals surface area contributed by atoms with Crippen LogP contribution in [0.1, 0.15) is 0 Å². The van der Waals surface area contributed by atoms with Crippen molar-refractivity contribution in [3.05, 3.63) is 34.8 Å². The number of nitrogens with zero attached hydrogens (tertiary/aromatic N) is 1. The maximum atomic E-state index is 5.76. The Morgan fingerprint density at radius 1 is 1.36 bits per heavy atom. The molecule has 0 radical (unpaired) electrons. The van der Waals surface area contributed by atoms with Crippen molar-refractivity contribution in [3.8, 4) is 16.3 Å². The third-order valence-corrected chi connectivity index (χ3v) is 3.01. The van der Waals surface area contributed by atoms with Crippen LogP contribution in [0.5, 0.6) is 5.75 Å². The molecule has 0 saturated heterocycles. The van der Waals surface area contributed by atoms with Gasteiger partial charge < -0.3 is 4.74 Å². The molecule has 14 heavy (non-hydrogen) atoms. The Hall–Kier alpha value is -1.06. The predicted molar refractivity (Wildman–Crippen MR) is 59.1 cm³/mol. The molecule has 1 aromatic heterocycles. The number of ether oxygens (including phenoxy) is 1. The van der Waals surface area contributed by atoms with Gasteiger partial charge in [0.2, 0.25) is 0 Å². The van der Waals surface area contributed by atoms with E-state index in [-0.39, 0.29) is 0 Å². The SMILES string of the molecule is COc1ccccc1-c1nc(Cl)cs1. The second kappa shape index (κ2) is 3.98. The van der Waals surface area contributed by atoms with Crippen molar-refractivity contribution in [3.63, 3.8) is 0 Å². The first-order chi connectivity index (χ1) is 6.81. The van der Waals surface area contributed by atoms with Crippen LogP contribution in [-0.4, -0.2) is 12.1 Å². The molecule has 2 aromatic rings. The molecule has 0 saturated carbocycles. The Morgan fingerprint density at radius 3 is 2.79 bits per heavy atom. The highest BCUT2D eigenvalue weighted by molar-refractivity contribution is 7.13. The van der Waals surface area contributed by atoms with E-state index in [1.54, 1.807) is 7.11 Å². The maximum absolute atomic E-state index is 5.76. The number of thiazole rings is 1. The molecule has 0 aliphatic heterocycles. The third-order valence-electron chi connectivity index (χ3n) is 1.81. The zero-order valence-electron chi connectivity index (χ0n) is 7.53. The number of benzene rings is 1. The van der Waals surface area contributed by atoms with Gasteiger partial charge in [0.1, 0.15) is 15.9 Å². The molecule has 0 spiro atoms. The number of halogens is 1. The minimum absolute atomic E-state index is 0.524. The molecular formula is C10H8ClNOS. The molecule has 1 aromatic carbocycles. The highest BCUT2D eigenvalue weighted by Gasteiger charge is 2.08. The van der Waals surface area contributed by atoms with Gasteiger partial charge in [0.05, 0.1) is 12.7 Å². The lowest BCUT2D eigenvalue weighted by molar-refractivity contribution is 0.416. The lowest BCUT2D eigenvalue weighted by Gasteiger charge is -2.04. The van der Waals surface area contributed by atoms with Crippen molar-refractivity contribution in [2.75, 3.05) is 7.11 Å². The zero-order chi connectivity index (χ0) is 9.97. The standard InChI is InChI=1S/C10H8ClNOS/c1-13-8-5-3-2-4-7(8)10-12-9(11)6-14-10/h2-6H,1H3. The largest absolute Gasteiger partial charge is 0.496 e. The molecule has 0 unspecified atom stereocenters. The van der Waals surface area contributed by atoms with Gasteiger partial charge >= 0.3 is 0 Å². The fourth-order valence-corrected chi connectivity index (χ4v) is 2.18. The Kier molecular flexibility index (Phi) is 2.70. The summed E-state index contributed by atoms with van der Waals surface area (Å²) in [6.07, 6.45) is 0. The summed E-state index contributed by atoms with van der Waals surface area (Å²) in [5.41, 5.74) is 0.979. The molecule has 1 heterocycles. The number of methoxy groups -OCH3 is 1. The maximum Gasteiger partial charge on any atom is 0.140 e. The van der Waals surface area contributed by atoms with Gasteiger partial charge in [-0.1, -0.05) is 23.7 Å². The Morgan fingerprint density at radius 2 is 2.14 bits per heavy atom. The van der Waals surface area contributed by atoms with Gasteiger partial charge in [-0.3, -0.25) is 0 Å². The van der Waals surface area contributed by atoms with Crippen LogP contribution in [-0.2, 0) is 0 Å². The van der Waals surface area contributed by atoms with E-state index in [2.05, 4.69) is 4.98 Å². The van der Waals surface area contributed by atoms with Crippen molar-refractivity contribution >= 4 is 22.9 Å². The summed E-state index contributed by atoms with van der Waals surface area (Å²) in [6.45, 7) is 0. The Balaban J connectivity index is 2.50. The molecular weight excluding hydrogens is 218 g/mol. The highest BCUT2D eigenvalue weighted by atomic mass is 35.5. The van der Waals surface area contributed by atoms with E-state index in [0.717, 1.165) is 16.3 Å². The van der Waals surface area contributed by atoms with Crippen molar-refractivity contribution in [2.24, 2.45) is 0 Å². The number of hydrogen-bond acceptors (Lipinski definition) is 3. The monoisotopic (exact) mass is 225 g/mol. The average Bonchev–Trinajstić information content (AvgIpc) is 2.65. The summed E-state index contributed by atoms with van der Waals surface area (Å²) in [4.78, 5) is 4.19. The molecule has 0 aliphatic carbocycles. The van der Waals surface area contributed by atoms with Crippen LogP contribution in [0.15, 0.2) is 29.6 Å². The fourth-order valence-electron chi connectivity index (χ4n) is 1.20. The van der Waals surface area contributed by atoms with E-state index < -0.39 is 0 Å². The molecule has 2 rings (SSSR count). The summed E-state index contributed by atoms with van der Waals surface area (Å²) in [5.74, 6) is 0.818. The Labute approximate surface area is 91.1 Å². The number of para-hydroxylation sites is 1. The van der Waals surface area contributed by atoms with Crippen LogP contribution in [0.3, 0.4) is 0 Å². The van der Waals surface area contributed by atoms with Crippen LogP contribution >= 0.6 is 22.9 Å². The molecule has 72 valence electrons. The molecule has 0 atom stereocenters. The zero-order valence-corrected chi connectivity index (χ0v) is 9.10. The second-order valence-corrected chi connectivity index (χ2v) is 3.92. The van der Waals surface area contributed by atoms with E-state index in [4.69, 9.17) is 16.3 Å². The van der Waals surface area contributed by atoms with Crippen LogP contribution in [0.2, 0.25) is 5.15 Å². The van der Waals surface area contributed by atoms with Crippen molar-refractivity contribution < 1.29 is 4.74 Å². The van der Waals surface area contributed by atoms with E-state index in [1.807, 2.05) is 29.6 Å². The van der Waals surface area contributed by atoms with Crippen LogP contribution in [0.25, 0.3) is 10.6 Å². The number of aromatic nitrogens is 1. The van der Waals surface area contributed by atoms with E-state index >= 15 is 0 Å². The quantitative estimate of drug-likeness (QED) is 0.781. The lowest BCUT2D eigenvalue weighted by atomic mass is 10.2. The smallest absolute Gasteiger partial charge is 0.140 e. The third kappa shape index (κ3) is 1.74. The topological polar surface area (TPSA) is 22.1 Å². The van der Waals surface area contributed by atoms with Gasteiger partial charge in [0, 0.05) is 5.38 Å². The first-order valence-corrected chi connectivity index (χ1v) is 5.31. The first-order valence-electron chi connectivity index (χ1n) is 4.05. The van der Waals surface area contributed by atoms with E-state index in [9.17, 15) is 0 Å². The van der Waals surface area contributed by atoms with Crippen LogP contribution in [0.4, 0.5) is 0 Å². The molecule has 2 nitrogen and oxygen atoms in total. The van der Waals surface area contributed by atoms with Gasteiger partial charge in [-0.25, -0.2) is 4.98 Å². The summed E-state index contributed by atoms with van der Waals surface area (Å²) in [5, 5.41) is 3.21. The van der Waals surface area contributed by atoms with Gasteiger partial charge in [-0.15, -0.1) is 11.3 Å². The lowest BCUT2D eigenvalue weighted by Crippen LogP contribution is -1.86. The molecule has 0 bridgehead atoms.